The van der Waals surface area contributed by atoms with E-state index in [4.69, 9.17) is 0 Å². The molecule has 0 fully saturated rings. The molecule has 21 heavy (non-hydrogen) atoms. The highest BCUT2D eigenvalue weighted by molar-refractivity contribution is 5.78. The molecule has 0 rings (SSSR count). The number of carbonyl (C=O) groups is 1. The molecule has 0 aliphatic heterocycles. The molecule has 0 bridgehead atoms. The third kappa shape index (κ3) is 9.10. The maximum Gasteiger partial charge on any atom is 0.323 e. The van der Waals surface area contributed by atoms with Crippen LogP contribution in [0.5, 0.6) is 0 Å². The van der Waals surface area contributed by atoms with Crippen molar-refractivity contribution in [2.45, 2.75) is 78.2 Å². The predicted molar refractivity (Wildman–Crippen MR) is 89.8 cm³/mol. The Morgan fingerprint density at radius 3 is 1.95 bits per heavy atom. The Kier molecular flexibility index (Phi) is 11.6. The van der Waals surface area contributed by atoms with Crippen molar-refractivity contribution in [3.8, 4) is 0 Å². The number of hydrogen-bond acceptors (Lipinski definition) is 3. The van der Waals surface area contributed by atoms with Crippen LogP contribution < -0.4 is 5.32 Å². The fraction of sp³-hybridized carbons (Fsp3) is 0.941. The normalized spacial score (nSPS) is 14.3. The highest BCUT2D eigenvalue weighted by Gasteiger charge is 2.31. The molecule has 0 aromatic rings. The summed E-state index contributed by atoms with van der Waals surface area (Å²) in [7, 11) is 0. The van der Waals surface area contributed by atoms with Crippen LogP contribution in [0, 0.1) is 0 Å². The third-order valence-electron chi connectivity index (χ3n) is 4.04. The molecule has 0 aliphatic rings. The van der Waals surface area contributed by atoms with Crippen LogP contribution in [0.3, 0.4) is 0 Å². The Balaban J connectivity index is 4.25. The van der Waals surface area contributed by atoms with Crippen molar-refractivity contribution in [3.63, 3.8) is 0 Å². The minimum atomic E-state index is -0.781. The molecular weight excluding hydrogens is 264 g/mol. The van der Waals surface area contributed by atoms with Gasteiger partial charge < -0.3 is 15.3 Å². The summed E-state index contributed by atoms with van der Waals surface area (Å²) >= 11 is 0. The van der Waals surface area contributed by atoms with Crippen LogP contribution >= 0.6 is 0 Å². The van der Waals surface area contributed by atoms with Gasteiger partial charge in [0, 0.05) is 0 Å². The van der Waals surface area contributed by atoms with E-state index >= 15 is 0 Å². The third-order valence-corrected chi connectivity index (χ3v) is 4.04. The van der Waals surface area contributed by atoms with E-state index in [1.165, 1.54) is 25.7 Å². The van der Waals surface area contributed by atoms with Gasteiger partial charge in [0.15, 0.2) is 0 Å². The summed E-state index contributed by atoms with van der Waals surface area (Å²) in [6, 6.07) is 0. The number of carboxylic acid groups (broad SMARTS) is 1. The van der Waals surface area contributed by atoms with Crippen LogP contribution in [0.2, 0.25) is 0 Å². The first kappa shape index (κ1) is 20.4. The zero-order valence-corrected chi connectivity index (χ0v) is 14.6. The van der Waals surface area contributed by atoms with Gasteiger partial charge in [0.25, 0.3) is 0 Å². The van der Waals surface area contributed by atoms with Crippen molar-refractivity contribution in [1.82, 2.24) is 10.2 Å². The van der Waals surface area contributed by atoms with Crippen molar-refractivity contribution < 1.29 is 9.90 Å². The van der Waals surface area contributed by atoms with Crippen molar-refractivity contribution in [2.75, 3.05) is 26.2 Å². The van der Waals surface area contributed by atoms with E-state index in [0.29, 0.717) is 6.42 Å². The first-order chi connectivity index (χ1) is 10.00. The summed E-state index contributed by atoms with van der Waals surface area (Å²) < 4.78 is 0. The zero-order valence-electron chi connectivity index (χ0n) is 14.6. The summed E-state index contributed by atoms with van der Waals surface area (Å²) in [6.45, 7) is 12.4. The van der Waals surface area contributed by atoms with E-state index < -0.39 is 11.5 Å². The molecule has 4 nitrogen and oxygen atoms in total. The average Bonchev–Trinajstić information content (AvgIpc) is 2.47. The van der Waals surface area contributed by atoms with Gasteiger partial charge in [-0.05, 0) is 65.2 Å². The lowest BCUT2D eigenvalue weighted by molar-refractivity contribution is -0.144. The van der Waals surface area contributed by atoms with Crippen molar-refractivity contribution in [1.29, 1.82) is 0 Å². The van der Waals surface area contributed by atoms with Gasteiger partial charge in [-0.2, -0.15) is 0 Å². The molecule has 0 aromatic carbocycles. The number of nitrogens with zero attached hydrogens (tertiary/aromatic N) is 1. The molecule has 0 saturated heterocycles. The fourth-order valence-corrected chi connectivity index (χ4v) is 2.43. The van der Waals surface area contributed by atoms with E-state index in [2.05, 4.69) is 31.0 Å². The number of carboxylic acids is 1. The molecule has 0 amide bonds. The van der Waals surface area contributed by atoms with E-state index in [1.54, 1.807) is 0 Å². The lowest BCUT2D eigenvalue weighted by Gasteiger charge is -2.28. The topological polar surface area (TPSA) is 52.6 Å². The van der Waals surface area contributed by atoms with Gasteiger partial charge in [-0.25, -0.2) is 0 Å². The van der Waals surface area contributed by atoms with Crippen molar-refractivity contribution in [3.05, 3.63) is 0 Å². The minimum absolute atomic E-state index is 0.692. The van der Waals surface area contributed by atoms with E-state index in [1.807, 2.05) is 6.92 Å². The monoisotopic (exact) mass is 300 g/mol. The summed E-state index contributed by atoms with van der Waals surface area (Å²) in [6.07, 6.45) is 7.48. The molecule has 0 aromatic heterocycles. The zero-order chi connectivity index (χ0) is 16.1. The summed E-state index contributed by atoms with van der Waals surface area (Å²) in [5.74, 6) is -0.732. The molecule has 0 heterocycles. The Bertz CT molecular complexity index is 264. The number of nitrogens with one attached hydrogen (secondary N) is 1. The molecule has 0 saturated carbocycles. The maximum atomic E-state index is 11.5. The second-order valence-electron chi connectivity index (χ2n) is 6.22. The van der Waals surface area contributed by atoms with Crippen molar-refractivity contribution in [2.24, 2.45) is 0 Å². The Morgan fingerprint density at radius 2 is 1.52 bits per heavy atom. The Hall–Kier alpha value is -0.610. The second kappa shape index (κ2) is 12.0. The first-order valence-electron chi connectivity index (χ1n) is 8.70. The largest absolute Gasteiger partial charge is 0.480 e. The van der Waals surface area contributed by atoms with E-state index in [0.717, 1.165) is 39.0 Å². The van der Waals surface area contributed by atoms with Crippen LogP contribution in [-0.2, 0) is 4.79 Å². The smallest absolute Gasteiger partial charge is 0.323 e. The molecule has 1 unspecified atom stereocenters. The molecule has 0 spiro atoms. The molecule has 126 valence electrons. The maximum absolute atomic E-state index is 11.5. The summed E-state index contributed by atoms with van der Waals surface area (Å²) in [4.78, 5) is 14.0. The van der Waals surface area contributed by atoms with Gasteiger partial charge in [-0.1, -0.05) is 33.6 Å². The van der Waals surface area contributed by atoms with Gasteiger partial charge >= 0.3 is 5.97 Å². The highest BCUT2D eigenvalue weighted by Crippen LogP contribution is 2.14. The molecular formula is C17H36N2O2. The lowest BCUT2D eigenvalue weighted by atomic mass is 9.95. The van der Waals surface area contributed by atoms with Crippen LogP contribution in [0.1, 0.15) is 72.6 Å². The highest BCUT2D eigenvalue weighted by atomic mass is 16.4. The number of aliphatic carboxylic acids is 1. The van der Waals surface area contributed by atoms with Crippen LogP contribution in [-0.4, -0.2) is 47.7 Å². The first-order valence-corrected chi connectivity index (χ1v) is 8.70. The van der Waals surface area contributed by atoms with Gasteiger partial charge in [0.05, 0.1) is 0 Å². The van der Waals surface area contributed by atoms with Crippen LogP contribution in [0.25, 0.3) is 0 Å². The summed E-state index contributed by atoms with van der Waals surface area (Å²) in [5, 5.41) is 12.6. The standard InChI is InChI=1S/C17H36N2O2/c1-5-8-13-19(14-9-6-2)15-10-11-17(4,16(20)21)18-12-7-3/h18H,5-15H2,1-4H3,(H,20,21). The fourth-order valence-electron chi connectivity index (χ4n) is 2.43. The van der Waals surface area contributed by atoms with Gasteiger partial charge in [-0.3, -0.25) is 4.79 Å². The van der Waals surface area contributed by atoms with Crippen LogP contribution in [0.4, 0.5) is 0 Å². The van der Waals surface area contributed by atoms with Gasteiger partial charge in [0.1, 0.15) is 5.54 Å². The predicted octanol–water partition coefficient (Wildman–Crippen LogP) is 3.51. The molecule has 0 radical (unpaired) electrons. The minimum Gasteiger partial charge on any atom is -0.480 e. The second-order valence-corrected chi connectivity index (χ2v) is 6.22. The number of hydrogen-bond donors (Lipinski definition) is 2. The SMILES string of the molecule is CCCCN(CCCC)CCCC(C)(NCCC)C(=O)O. The molecule has 1 atom stereocenters. The molecule has 0 aliphatic carbocycles. The summed E-state index contributed by atoms with van der Waals surface area (Å²) in [5.41, 5.74) is -0.781. The quantitative estimate of drug-likeness (QED) is 0.515. The van der Waals surface area contributed by atoms with Gasteiger partial charge in [0.2, 0.25) is 0 Å². The number of rotatable bonds is 14. The van der Waals surface area contributed by atoms with Crippen molar-refractivity contribution >= 4 is 5.97 Å². The molecule has 2 N–H and O–H groups in total. The Labute approximate surface area is 131 Å². The van der Waals surface area contributed by atoms with E-state index in [-0.39, 0.29) is 0 Å². The van der Waals surface area contributed by atoms with Crippen LogP contribution in [0.15, 0.2) is 0 Å². The lowest BCUT2D eigenvalue weighted by Crippen LogP contribution is -2.50. The Morgan fingerprint density at radius 1 is 1.00 bits per heavy atom. The molecule has 4 heteroatoms. The van der Waals surface area contributed by atoms with E-state index in [9.17, 15) is 9.90 Å². The number of unbranched alkanes of at least 4 members (excludes halogenated alkanes) is 2. The average molecular weight is 300 g/mol. The van der Waals surface area contributed by atoms with Gasteiger partial charge in [-0.15, -0.1) is 0 Å².